The summed E-state index contributed by atoms with van der Waals surface area (Å²) in [6.07, 6.45) is 8.17. The Morgan fingerprint density at radius 1 is 1.42 bits per heavy atom. The van der Waals surface area contributed by atoms with E-state index in [1.165, 1.54) is 37.0 Å². The summed E-state index contributed by atoms with van der Waals surface area (Å²) < 4.78 is 6.13. The predicted molar refractivity (Wildman–Crippen MR) is 120 cm³/mol. The Labute approximate surface area is 178 Å². The van der Waals surface area contributed by atoms with Gasteiger partial charge in [0, 0.05) is 49.0 Å². The van der Waals surface area contributed by atoms with Crippen LogP contribution in [0.5, 0.6) is 0 Å². The molecule has 1 aromatic rings. The Morgan fingerprint density at radius 2 is 2.23 bits per heavy atom. The molecule has 3 aliphatic rings. The van der Waals surface area contributed by atoms with Gasteiger partial charge >= 0.3 is 0 Å². The van der Waals surface area contributed by atoms with E-state index < -0.39 is 0 Å². The molecule has 3 atom stereocenters. The fourth-order valence-corrected chi connectivity index (χ4v) is 6.01. The number of aliphatic imine (C=N–C) groups is 1. The van der Waals surface area contributed by atoms with Crippen LogP contribution >= 0.6 is 35.3 Å². The number of hydrogen-bond donors (Lipinski definition) is 1. The minimum atomic E-state index is 0. The average Bonchev–Trinajstić information content (AvgIpc) is 3.36. The van der Waals surface area contributed by atoms with Crippen LogP contribution in [0.15, 0.2) is 22.5 Å². The van der Waals surface area contributed by atoms with E-state index in [2.05, 4.69) is 41.7 Å². The Balaban J connectivity index is 0.00000196. The Bertz CT molecular complexity index is 600. The van der Waals surface area contributed by atoms with Crippen LogP contribution in [0, 0.1) is 11.3 Å². The largest absolute Gasteiger partial charge is 0.377 e. The van der Waals surface area contributed by atoms with Crippen molar-refractivity contribution >= 4 is 41.3 Å². The molecule has 1 aromatic heterocycles. The van der Waals surface area contributed by atoms with Gasteiger partial charge in [0.25, 0.3) is 0 Å². The second-order valence-electron chi connectivity index (χ2n) is 7.86. The average molecular weight is 489 g/mol. The van der Waals surface area contributed by atoms with E-state index in [1.807, 2.05) is 11.3 Å². The van der Waals surface area contributed by atoms with E-state index in [0.29, 0.717) is 23.5 Å². The van der Waals surface area contributed by atoms with Crippen molar-refractivity contribution in [2.75, 3.05) is 26.7 Å². The third kappa shape index (κ3) is 3.65. The van der Waals surface area contributed by atoms with Crippen molar-refractivity contribution in [3.05, 3.63) is 22.4 Å². The molecule has 3 fully saturated rings. The molecule has 1 N–H and O–H groups in total. The van der Waals surface area contributed by atoms with Crippen molar-refractivity contribution in [1.82, 2.24) is 10.2 Å². The normalized spacial score (nSPS) is 29.2. The molecule has 0 bridgehead atoms. The molecule has 3 unspecified atom stereocenters. The molecule has 2 aliphatic carbocycles. The lowest BCUT2D eigenvalue weighted by Crippen LogP contribution is -2.69. The highest BCUT2D eigenvalue weighted by atomic mass is 127. The predicted octanol–water partition coefficient (Wildman–Crippen LogP) is 4.15. The summed E-state index contributed by atoms with van der Waals surface area (Å²) in [4.78, 5) is 8.57. The van der Waals surface area contributed by atoms with E-state index in [4.69, 9.17) is 9.73 Å². The van der Waals surface area contributed by atoms with Gasteiger partial charge in [-0.25, -0.2) is 0 Å². The molecule has 2 heterocycles. The van der Waals surface area contributed by atoms with E-state index in [9.17, 15) is 0 Å². The first-order chi connectivity index (χ1) is 12.2. The number of thiophene rings is 1. The molecule has 0 aromatic carbocycles. The lowest BCUT2D eigenvalue weighted by molar-refractivity contribution is -0.125. The van der Waals surface area contributed by atoms with Gasteiger partial charge in [0.1, 0.15) is 0 Å². The number of nitrogens with one attached hydrogen (secondary N) is 1. The van der Waals surface area contributed by atoms with Gasteiger partial charge in [-0.05, 0) is 44.1 Å². The molecular weight excluding hydrogens is 457 g/mol. The molecule has 0 amide bonds. The standard InChI is InChI=1S/C20H31N3OS.HI/c1-3-21-19(23(2)12-8-15-7-6-14-25-15)22-17-16-9-13-24-18(16)20(17)10-4-5-11-20;/h6-7,14,16-18H,3-5,8-13H2,1-2H3,(H,21,22);1H. The molecular formula is C20H32IN3OS. The highest BCUT2D eigenvalue weighted by Gasteiger charge is 2.65. The number of hydrogen-bond acceptors (Lipinski definition) is 3. The third-order valence-corrected chi connectivity index (χ3v) is 7.45. The highest BCUT2D eigenvalue weighted by Crippen LogP contribution is 2.60. The van der Waals surface area contributed by atoms with E-state index in [0.717, 1.165) is 32.1 Å². The Morgan fingerprint density at radius 3 is 2.92 bits per heavy atom. The topological polar surface area (TPSA) is 36.9 Å². The maximum absolute atomic E-state index is 6.13. The summed E-state index contributed by atoms with van der Waals surface area (Å²) in [6.45, 7) is 4.92. The number of guanidine groups is 1. The van der Waals surface area contributed by atoms with Crippen LogP contribution in [0.3, 0.4) is 0 Å². The summed E-state index contributed by atoms with van der Waals surface area (Å²) in [5.74, 6) is 1.77. The van der Waals surface area contributed by atoms with Gasteiger partial charge in [-0.1, -0.05) is 18.9 Å². The number of likely N-dealkylation sites (N-methyl/N-ethyl adjacent to an activating group) is 1. The minimum absolute atomic E-state index is 0. The molecule has 146 valence electrons. The van der Waals surface area contributed by atoms with Gasteiger partial charge in [0.2, 0.25) is 0 Å². The summed E-state index contributed by atoms with van der Waals surface area (Å²) in [5, 5.41) is 6.05. The van der Waals surface area contributed by atoms with Crippen LogP contribution in [-0.4, -0.2) is 49.7 Å². The fourth-order valence-electron chi connectivity index (χ4n) is 5.31. The molecule has 4 rings (SSSR count). The molecule has 6 heteroatoms. The Hall–Kier alpha value is -0.340. The summed E-state index contributed by atoms with van der Waals surface area (Å²) in [5.41, 5.74) is 0.379. The maximum atomic E-state index is 6.13. The zero-order valence-corrected chi connectivity index (χ0v) is 19.1. The first kappa shape index (κ1) is 20.4. The van der Waals surface area contributed by atoms with E-state index in [-0.39, 0.29) is 24.0 Å². The van der Waals surface area contributed by atoms with Crippen LogP contribution < -0.4 is 5.32 Å². The SMILES string of the molecule is CCN=C(NC1C2CCOC2C12CCCC2)N(C)CCc1cccs1.I. The number of nitrogens with zero attached hydrogens (tertiary/aromatic N) is 2. The lowest BCUT2D eigenvalue weighted by atomic mass is 9.54. The summed E-state index contributed by atoms with van der Waals surface area (Å²) in [6, 6.07) is 4.91. The first-order valence-electron chi connectivity index (χ1n) is 9.91. The van der Waals surface area contributed by atoms with Crippen molar-refractivity contribution in [2.24, 2.45) is 16.3 Å². The van der Waals surface area contributed by atoms with Crippen LogP contribution in [0.25, 0.3) is 0 Å². The second-order valence-corrected chi connectivity index (χ2v) is 8.89. The van der Waals surface area contributed by atoms with Crippen molar-refractivity contribution in [2.45, 2.75) is 57.6 Å². The van der Waals surface area contributed by atoms with Crippen LogP contribution in [0.1, 0.15) is 43.9 Å². The second kappa shape index (κ2) is 8.78. The van der Waals surface area contributed by atoms with E-state index in [1.54, 1.807) is 0 Å². The van der Waals surface area contributed by atoms with Gasteiger partial charge in [0.15, 0.2) is 5.96 Å². The molecule has 26 heavy (non-hydrogen) atoms. The zero-order valence-electron chi connectivity index (χ0n) is 15.9. The maximum Gasteiger partial charge on any atom is 0.193 e. The number of halogens is 1. The quantitative estimate of drug-likeness (QED) is 0.384. The van der Waals surface area contributed by atoms with Gasteiger partial charge < -0.3 is 15.0 Å². The minimum Gasteiger partial charge on any atom is -0.377 e. The van der Waals surface area contributed by atoms with Crippen LogP contribution in [0.4, 0.5) is 0 Å². The Kier molecular flexibility index (Phi) is 6.88. The monoisotopic (exact) mass is 489 g/mol. The van der Waals surface area contributed by atoms with Gasteiger partial charge in [-0.3, -0.25) is 4.99 Å². The lowest BCUT2D eigenvalue weighted by Gasteiger charge is -2.57. The smallest absolute Gasteiger partial charge is 0.193 e. The fraction of sp³-hybridized carbons (Fsp3) is 0.750. The molecule has 1 saturated heterocycles. The molecule has 0 radical (unpaired) electrons. The van der Waals surface area contributed by atoms with Crippen molar-refractivity contribution in [3.63, 3.8) is 0 Å². The first-order valence-corrected chi connectivity index (χ1v) is 10.8. The number of rotatable bonds is 5. The summed E-state index contributed by atoms with van der Waals surface area (Å²) in [7, 11) is 2.18. The third-order valence-electron chi connectivity index (χ3n) is 6.51. The number of ether oxygens (including phenoxy) is 1. The van der Waals surface area contributed by atoms with E-state index >= 15 is 0 Å². The van der Waals surface area contributed by atoms with Crippen molar-refractivity contribution in [1.29, 1.82) is 0 Å². The van der Waals surface area contributed by atoms with Crippen LogP contribution in [-0.2, 0) is 11.2 Å². The van der Waals surface area contributed by atoms with Crippen molar-refractivity contribution < 1.29 is 4.74 Å². The van der Waals surface area contributed by atoms with Gasteiger partial charge in [-0.15, -0.1) is 35.3 Å². The van der Waals surface area contributed by atoms with Crippen molar-refractivity contribution in [3.8, 4) is 0 Å². The molecule has 2 saturated carbocycles. The number of fused-ring (bicyclic) bond motifs is 2. The van der Waals surface area contributed by atoms with Gasteiger partial charge in [-0.2, -0.15) is 0 Å². The summed E-state index contributed by atoms with van der Waals surface area (Å²) >= 11 is 1.84. The van der Waals surface area contributed by atoms with Crippen LogP contribution in [0.2, 0.25) is 0 Å². The zero-order chi connectivity index (χ0) is 17.3. The highest BCUT2D eigenvalue weighted by molar-refractivity contribution is 14.0. The molecule has 4 nitrogen and oxygen atoms in total. The molecule has 1 spiro atoms. The molecule has 1 aliphatic heterocycles. The van der Waals surface area contributed by atoms with Gasteiger partial charge in [0.05, 0.1) is 6.10 Å².